The van der Waals surface area contributed by atoms with E-state index in [1.54, 1.807) is 14.0 Å². The number of aromatic amines is 1. The fourth-order valence-electron chi connectivity index (χ4n) is 3.14. The molecule has 28 heavy (non-hydrogen) atoms. The average molecular weight is 425 g/mol. The van der Waals surface area contributed by atoms with E-state index in [0.717, 1.165) is 16.9 Å². The van der Waals surface area contributed by atoms with Crippen LogP contribution in [-0.4, -0.2) is 51.2 Å². The maximum Gasteiger partial charge on any atom is 0.347 e. The number of rotatable bonds is 6. The first-order valence-electron chi connectivity index (χ1n) is 8.83. The Morgan fingerprint density at radius 3 is 2.79 bits per heavy atom. The monoisotopic (exact) mass is 424 g/mol. The summed E-state index contributed by atoms with van der Waals surface area (Å²) in [5, 5.41) is 13.1. The van der Waals surface area contributed by atoms with Crippen LogP contribution >= 0.6 is 22.9 Å². The molecule has 0 aromatic carbocycles. The van der Waals surface area contributed by atoms with Gasteiger partial charge >= 0.3 is 5.97 Å². The molecule has 0 radical (unpaired) electrons. The molecule has 2 aromatic rings. The molecule has 2 heterocycles. The zero-order valence-corrected chi connectivity index (χ0v) is 17.3. The lowest BCUT2D eigenvalue weighted by Crippen LogP contribution is -2.45. The van der Waals surface area contributed by atoms with Gasteiger partial charge in [0.1, 0.15) is 9.88 Å². The highest BCUT2D eigenvalue weighted by molar-refractivity contribution is 7.14. The van der Waals surface area contributed by atoms with Crippen LogP contribution < -0.4 is 5.32 Å². The average Bonchev–Trinajstić information content (AvgIpc) is 3.24. The van der Waals surface area contributed by atoms with Crippen LogP contribution in [0.5, 0.6) is 0 Å². The van der Waals surface area contributed by atoms with E-state index in [9.17, 15) is 14.7 Å². The number of allylic oxidation sites excluding steroid dienone is 1. The number of carboxylic acid groups (broad SMARTS) is 1. The number of nitrogens with zero attached hydrogens (tertiary/aromatic N) is 2. The van der Waals surface area contributed by atoms with Gasteiger partial charge in [-0.05, 0) is 37.8 Å². The number of carbonyl (C=O) groups excluding carboxylic acids is 1. The number of imidazole rings is 1. The molecule has 0 unspecified atom stereocenters. The molecule has 8 nitrogen and oxygen atoms in total. The fourth-order valence-corrected chi connectivity index (χ4v) is 4.36. The summed E-state index contributed by atoms with van der Waals surface area (Å²) in [5.41, 5.74) is 2.14. The predicted molar refractivity (Wildman–Crippen MR) is 106 cm³/mol. The molecule has 2 aromatic heterocycles. The van der Waals surface area contributed by atoms with Crippen LogP contribution in [0.15, 0.2) is 6.08 Å². The Kier molecular flexibility index (Phi) is 6.17. The second kappa shape index (κ2) is 8.42. The van der Waals surface area contributed by atoms with Gasteiger partial charge in [-0.15, -0.1) is 11.3 Å². The number of halogens is 1. The first kappa shape index (κ1) is 20.5. The lowest BCUT2D eigenvalue weighted by molar-refractivity contribution is 0.0700. The number of thiazole rings is 1. The van der Waals surface area contributed by atoms with Crippen molar-refractivity contribution in [1.82, 2.24) is 20.3 Å². The number of ether oxygens (including phenoxy) is 1. The van der Waals surface area contributed by atoms with Gasteiger partial charge in [-0.25, -0.2) is 14.8 Å². The van der Waals surface area contributed by atoms with Crippen molar-refractivity contribution in [2.75, 3.05) is 7.11 Å². The fraction of sp³-hybridized carbons (Fsp3) is 0.444. The van der Waals surface area contributed by atoms with Gasteiger partial charge in [-0.2, -0.15) is 0 Å². The van der Waals surface area contributed by atoms with E-state index in [1.807, 2.05) is 13.0 Å². The van der Waals surface area contributed by atoms with Crippen molar-refractivity contribution in [1.29, 1.82) is 0 Å². The minimum atomic E-state index is -0.977. The van der Waals surface area contributed by atoms with Gasteiger partial charge in [0.2, 0.25) is 0 Å². The molecule has 0 bridgehead atoms. The molecule has 0 aliphatic heterocycles. The van der Waals surface area contributed by atoms with E-state index < -0.39 is 5.97 Å². The molecule has 0 saturated heterocycles. The van der Waals surface area contributed by atoms with Gasteiger partial charge in [0, 0.05) is 7.11 Å². The smallest absolute Gasteiger partial charge is 0.347 e. The van der Waals surface area contributed by atoms with Crippen molar-refractivity contribution in [3.63, 3.8) is 0 Å². The van der Waals surface area contributed by atoms with Crippen LogP contribution in [0.2, 0.25) is 5.15 Å². The Balaban J connectivity index is 1.76. The second-order valence-electron chi connectivity index (χ2n) is 6.46. The van der Waals surface area contributed by atoms with Crippen molar-refractivity contribution in [2.45, 2.75) is 45.3 Å². The highest BCUT2D eigenvalue weighted by Gasteiger charge is 2.29. The highest BCUT2D eigenvalue weighted by atomic mass is 35.5. The standard InChI is InChI=1S/C18H21ClN4O4S/c1-4-10-14(19)23-15(21-10)16(24)22-11-6-5-9(7-12(11)27-3)17-20-8(2)13(28-17)18(25)26/h7,11-12H,4-6H2,1-3H3,(H,21,23)(H,22,24)(H,25,26)/t11-,12+/m1/s1. The van der Waals surface area contributed by atoms with Crippen LogP contribution in [0.1, 0.15) is 56.5 Å². The van der Waals surface area contributed by atoms with Crippen molar-refractivity contribution in [3.05, 3.63) is 38.3 Å². The molecule has 10 heteroatoms. The molecule has 0 spiro atoms. The summed E-state index contributed by atoms with van der Waals surface area (Å²) in [6.45, 7) is 3.61. The number of aromatic carboxylic acids is 1. The molecular formula is C18H21ClN4O4S. The molecule has 3 N–H and O–H groups in total. The van der Waals surface area contributed by atoms with Gasteiger partial charge in [-0.1, -0.05) is 18.5 Å². The molecule has 1 aliphatic rings. The third-order valence-corrected chi connectivity index (χ3v) is 6.17. The molecule has 3 rings (SSSR count). The van der Waals surface area contributed by atoms with Gasteiger partial charge in [0.25, 0.3) is 5.91 Å². The van der Waals surface area contributed by atoms with E-state index in [4.69, 9.17) is 16.3 Å². The number of H-pyrrole nitrogens is 1. The molecule has 0 saturated carbocycles. The van der Waals surface area contributed by atoms with E-state index >= 15 is 0 Å². The van der Waals surface area contributed by atoms with Gasteiger partial charge < -0.3 is 20.1 Å². The Labute approximate surface area is 171 Å². The Morgan fingerprint density at radius 2 is 2.21 bits per heavy atom. The second-order valence-corrected chi connectivity index (χ2v) is 7.81. The quantitative estimate of drug-likeness (QED) is 0.656. The topological polar surface area (TPSA) is 117 Å². The van der Waals surface area contributed by atoms with Crippen LogP contribution in [-0.2, 0) is 11.2 Å². The summed E-state index contributed by atoms with van der Waals surface area (Å²) in [7, 11) is 1.57. The van der Waals surface area contributed by atoms with Crippen LogP contribution in [0.25, 0.3) is 5.57 Å². The maximum absolute atomic E-state index is 12.5. The van der Waals surface area contributed by atoms with Crippen LogP contribution in [0.3, 0.4) is 0 Å². The van der Waals surface area contributed by atoms with Crippen molar-refractivity contribution < 1.29 is 19.4 Å². The third-order valence-electron chi connectivity index (χ3n) is 4.64. The maximum atomic E-state index is 12.5. The molecule has 1 aliphatic carbocycles. The largest absolute Gasteiger partial charge is 0.477 e. The number of hydrogen-bond acceptors (Lipinski definition) is 6. The number of carboxylic acids is 1. The predicted octanol–water partition coefficient (Wildman–Crippen LogP) is 3.08. The van der Waals surface area contributed by atoms with E-state index in [1.165, 1.54) is 0 Å². The number of amides is 1. The number of hydrogen-bond donors (Lipinski definition) is 3. The van der Waals surface area contributed by atoms with Crippen molar-refractivity contribution >= 4 is 40.4 Å². The lowest BCUT2D eigenvalue weighted by atomic mass is 9.93. The molecule has 1 amide bonds. The molecule has 150 valence electrons. The molecular weight excluding hydrogens is 404 g/mol. The summed E-state index contributed by atoms with van der Waals surface area (Å²) >= 11 is 7.16. The number of aromatic nitrogens is 3. The van der Waals surface area contributed by atoms with E-state index in [-0.39, 0.29) is 28.8 Å². The van der Waals surface area contributed by atoms with Crippen molar-refractivity contribution in [3.8, 4) is 0 Å². The van der Waals surface area contributed by atoms with Crippen molar-refractivity contribution in [2.24, 2.45) is 0 Å². The Morgan fingerprint density at radius 1 is 1.46 bits per heavy atom. The summed E-state index contributed by atoms with van der Waals surface area (Å²) in [4.78, 5) is 35.4. The highest BCUT2D eigenvalue weighted by Crippen LogP contribution is 2.32. The number of aryl methyl sites for hydroxylation is 2. The summed E-state index contributed by atoms with van der Waals surface area (Å²) < 4.78 is 5.54. The van der Waals surface area contributed by atoms with Gasteiger partial charge in [-0.3, -0.25) is 4.79 Å². The normalized spacial score (nSPS) is 19.4. The Bertz CT molecular complexity index is 936. The van der Waals surface area contributed by atoms with E-state index in [0.29, 0.717) is 40.8 Å². The first-order chi connectivity index (χ1) is 13.3. The lowest BCUT2D eigenvalue weighted by Gasteiger charge is -2.29. The molecule has 0 fully saturated rings. The SMILES string of the molecule is CCc1[nH]c(C(=O)N[C@@H]2CCC(c3nc(C)c(C(=O)O)s3)=C[C@@H]2OC)nc1Cl. The van der Waals surface area contributed by atoms with Crippen LogP contribution in [0, 0.1) is 6.92 Å². The summed E-state index contributed by atoms with van der Waals surface area (Å²) in [6.07, 6.45) is 3.47. The van der Waals surface area contributed by atoms with Gasteiger partial charge in [0.05, 0.1) is 23.5 Å². The Hall–Kier alpha value is -2.23. The molecule has 2 atom stereocenters. The first-order valence-corrected chi connectivity index (χ1v) is 10.0. The van der Waals surface area contributed by atoms with Crippen LogP contribution in [0.4, 0.5) is 0 Å². The minimum Gasteiger partial charge on any atom is -0.477 e. The third kappa shape index (κ3) is 4.11. The summed E-state index contributed by atoms with van der Waals surface area (Å²) in [6, 6.07) is -0.241. The number of methoxy groups -OCH3 is 1. The summed E-state index contributed by atoms with van der Waals surface area (Å²) in [5.74, 6) is -1.15. The zero-order chi connectivity index (χ0) is 20.4. The minimum absolute atomic E-state index is 0.174. The number of nitrogens with one attached hydrogen (secondary N) is 2. The number of carbonyl (C=O) groups is 2. The zero-order valence-electron chi connectivity index (χ0n) is 15.7. The van der Waals surface area contributed by atoms with Gasteiger partial charge in [0.15, 0.2) is 11.0 Å². The van der Waals surface area contributed by atoms with E-state index in [2.05, 4.69) is 20.3 Å².